The highest BCUT2D eigenvalue weighted by Gasteiger charge is 2.38. The van der Waals surface area contributed by atoms with Gasteiger partial charge in [-0.3, -0.25) is 57.8 Å². The van der Waals surface area contributed by atoms with Crippen LogP contribution < -0.4 is 20.7 Å². The Hall–Kier alpha value is -7.96. The van der Waals surface area contributed by atoms with Crippen LogP contribution >= 0.6 is 11.8 Å². The van der Waals surface area contributed by atoms with Gasteiger partial charge in [-0.05, 0) is 74.3 Å². The molecule has 0 aliphatic carbocycles. The Balaban J connectivity index is 0.730. The third-order valence-corrected chi connectivity index (χ3v) is 15.5. The molecule has 3 aliphatic heterocycles. The highest BCUT2D eigenvalue weighted by molar-refractivity contribution is 8.00. The Kier molecular flexibility index (Phi) is 22.7. The molecule has 0 bridgehead atoms. The number of carbonyl (C=O) groups excluding carboxylic acids is 10. The average Bonchev–Trinajstić information content (AvgIpc) is 3.43. The number of likely N-dealkylation sites (tertiary alicyclic amines) is 1. The van der Waals surface area contributed by atoms with E-state index < -0.39 is 23.7 Å². The van der Waals surface area contributed by atoms with Gasteiger partial charge in [0, 0.05) is 123 Å². The minimum atomic E-state index is -0.671. The molecule has 1 unspecified atom stereocenters. The number of carbonyl (C=O) groups is 10. The van der Waals surface area contributed by atoms with Crippen LogP contribution in [0, 0.1) is 12.8 Å². The smallest absolute Gasteiger partial charge is 0.309 e. The molecule has 23 nitrogen and oxygen atoms in total. The maximum absolute atomic E-state index is 13.5. The number of amides is 6. The summed E-state index contributed by atoms with van der Waals surface area (Å²) in [6.45, 7) is 9.60. The topological polar surface area (TPSA) is 277 Å². The summed E-state index contributed by atoms with van der Waals surface area (Å²) >= 11 is 1.34. The van der Waals surface area contributed by atoms with Crippen LogP contribution in [0.1, 0.15) is 124 Å². The lowest BCUT2D eigenvalue weighted by Gasteiger charge is -2.20. The fourth-order valence-electron chi connectivity index (χ4n) is 9.97. The predicted octanol–water partition coefficient (Wildman–Crippen LogP) is 5.88. The van der Waals surface area contributed by atoms with Gasteiger partial charge in [0.1, 0.15) is 28.7 Å². The molecule has 2 saturated heterocycles. The predicted molar refractivity (Wildman–Crippen MR) is 314 cm³/mol. The second kappa shape index (κ2) is 30.0. The number of ether oxygens (including phenoxy) is 4. The third-order valence-electron chi connectivity index (χ3n) is 14.5. The third kappa shape index (κ3) is 17.3. The van der Waals surface area contributed by atoms with Gasteiger partial charge in [0.2, 0.25) is 17.7 Å². The molecule has 84 heavy (non-hydrogen) atoms. The van der Waals surface area contributed by atoms with Crippen molar-refractivity contribution < 1.29 is 66.9 Å². The molecule has 0 saturated carbocycles. The van der Waals surface area contributed by atoms with Crippen LogP contribution in [0.25, 0.3) is 0 Å². The Morgan fingerprint density at radius 1 is 0.750 bits per heavy atom. The number of ketones is 3. The second-order valence-electron chi connectivity index (χ2n) is 21.3. The number of fused-ring (bicyclic) bond motifs is 2. The van der Waals surface area contributed by atoms with E-state index >= 15 is 0 Å². The first-order valence-electron chi connectivity index (χ1n) is 28.1. The number of aryl methyl sites for hydroxylation is 4. The Morgan fingerprint density at radius 2 is 1.44 bits per heavy atom. The fraction of sp³-hybridized carbons (Fsp3) is 0.483. The van der Waals surface area contributed by atoms with Crippen molar-refractivity contribution in [2.24, 2.45) is 32.1 Å². The molecule has 6 heterocycles. The van der Waals surface area contributed by atoms with E-state index in [1.165, 1.54) is 22.7 Å². The number of nitrogens with zero attached hydrogens (tertiary/aromatic N) is 6. The zero-order chi connectivity index (χ0) is 60.6. The summed E-state index contributed by atoms with van der Waals surface area (Å²) in [6.07, 6.45) is 11.2. The number of Topliss-reactive ketones (excluding diaryl/α,β-unsaturated/α-hetero) is 3. The minimum absolute atomic E-state index is 0.0164. The number of anilines is 2. The fourth-order valence-corrected chi connectivity index (χ4v) is 10.6. The van der Waals surface area contributed by atoms with Crippen LogP contribution in [0.15, 0.2) is 66.1 Å². The standard InChI is InChI=1S/C60H75N9O14S/c1-37-23-43-32-62-47-30-52(38(2)25-46(47)58(77)69(43)33-37)82-18-9-12-54(73)63-41-28-48(66(5)35-41)51(72)27-40-26-49(65(4)34-40)57(76)64-42-29-50(67(6)36-42)56(75)61-15-10-19-83-60(79)39(3)24-45(71)14-20-81-22-21-80-17-8-11-44(70)13-16-68-55(74)31-53(84-7)59(68)78/h25-26,28-30,32,34-36,39,43,53H,1,8-24,27,31,33H2,2-7H3,(H,61,75)(H,63,73)(H,64,76)/t39-,43-,53?/m1/s1. The number of thioether (sulfide) groups is 1. The van der Waals surface area contributed by atoms with Crippen molar-refractivity contribution in [1.29, 1.82) is 0 Å². The zero-order valence-electron chi connectivity index (χ0n) is 48.6. The highest BCUT2D eigenvalue weighted by atomic mass is 32.2. The van der Waals surface area contributed by atoms with Gasteiger partial charge < -0.3 is 53.5 Å². The lowest BCUT2D eigenvalue weighted by Crippen LogP contribution is -2.35. The molecule has 3 atom stereocenters. The number of hydrogen-bond donors (Lipinski definition) is 3. The van der Waals surface area contributed by atoms with Crippen LogP contribution in [0.3, 0.4) is 0 Å². The quantitative estimate of drug-likeness (QED) is 0.0165. The summed E-state index contributed by atoms with van der Waals surface area (Å²) in [7, 11) is 5.05. The molecular formula is C60H75N9O14S. The van der Waals surface area contributed by atoms with Crippen molar-refractivity contribution in [2.45, 2.75) is 95.8 Å². The monoisotopic (exact) mass is 1180 g/mol. The van der Waals surface area contributed by atoms with Gasteiger partial charge in [-0.1, -0.05) is 19.1 Å². The summed E-state index contributed by atoms with van der Waals surface area (Å²) in [4.78, 5) is 135. The largest absolute Gasteiger partial charge is 0.493 e. The number of imide groups is 1. The maximum Gasteiger partial charge on any atom is 0.309 e. The van der Waals surface area contributed by atoms with Gasteiger partial charge in [-0.25, -0.2) is 0 Å². The van der Waals surface area contributed by atoms with Crippen molar-refractivity contribution in [3.05, 3.63) is 94.8 Å². The van der Waals surface area contributed by atoms with E-state index in [9.17, 15) is 47.9 Å². The van der Waals surface area contributed by atoms with E-state index in [1.54, 1.807) is 102 Å². The van der Waals surface area contributed by atoms with Crippen molar-refractivity contribution in [3.63, 3.8) is 0 Å². The summed E-state index contributed by atoms with van der Waals surface area (Å²) in [5.74, 6) is -2.74. The number of rotatable bonds is 33. The summed E-state index contributed by atoms with van der Waals surface area (Å²) < 4.78 is 27.1. The number of aromatic nitrogens is 3. The molecule has 1 aromatic carbocycles. The van der Waals surface area contributed by atoms with Crippen LogP contribution in [0.4, 0.5) is 17.1 Å². The second-order valence-corrected chi connectivity index (χ2v) is 22.4. The summed E-state index contributed by atoms with van der Waals surface area (Å²) in [5.41, 5.74) is 5.18. The number of hydrogen-bond acceptors (Lipinski definition) is 16. The van der Waals surface area contributed by atoms with Gasteiger partial charge in [-0.2, -0.15) is 11.8 Å². The molecule has 3 aliphatic rings. The van der Waals surface area contributed by atoms with E-state index in [1.807, 2.05) is 6.92 Å². The van der Waals surface area contributed by atoms with Crippen molar-refractivity contribution in [3.8, 4) is 5.75 Å². The summed E-state index contributed by atoms with van der Waals surface area (Å²) in [6, 6.07) is 8.20. The lowest BCUT2D eigenvalue weighted by molar-refractivity contribution is -0.149. The summed E-state index contributed by atoms with van der Waals surface area (Å²) in [5, 5.41) is 8.09. The number of aliphatic imine (C=N–C) groups is 1. The van der Waals surface area contributed by atoms with Crippen LogP contribution in [-0.2, 0) is 70.5 Å². The van der Waals surface area contributed by atoms with E-state index in [-0.39, 0.29) is 155 Å². The van der Waals surface area contributed by atoms with Gasteiger partial charge in [-0.15, -0.1) is 0 Å². The molecule has 0 radical (unpaired) electrons. The number of nitrogens with one attached hydrogen (secondary N) is 3. The van der Waals surface area contributed by atoms with E-state index in [0.717, 1.165) is 11.1 Å². The Bertz CT molecular complexity index is 3190. The molecule has 3 aromatic heterocycles. The first kappa shape index (κ1) is 63.6. The van der Waals surface area contributed by atoms with Crippen molar-refractivity contribution >= 4 is 93.8 Å². The SMILES string of the molecule is C=C1C[C@@H]2C=Nc3cc(OCCCC(=O)Nc4cc(C(=O)Cc5cc(C(=O)Nc6cc(C(=O)NCCCOC(=O)[C@H](C)CC(=O)CCOCCOCCCC(=O)CCN7C(=O)CC(SC)C7=O)n(C)c6)n(C)c5)n(C)c4)c(C)cc3C(=O)N2C1. The van der Waals surface area contributed by atoms with E-state index in [4.69, 9.17) is 18.9 Å². The van der Waals surface area contributed by atoms with E-state index in [2.05, 4.69) is 27.5 Å². The normalized spacial score (nSPS) is 15.9. The lowest BCUT2D eigenvalue weighted by atomic mass is 10.0. The van der Waals surface area contributed by atoms with Crippen LogP contribution in [0.5, 0.6) is 5.75 Å². The van der Waals surface area contributed by atoms with Crippen molar-refractivity contribution in [1.82, 2.24) is 28.8 Å². The van der Waals surface area contributed by atoms with Crippen LogP contribution in [-0.4, -0.2) is 165 Å². The molecule has 7 rings (SSSR count). The minimum Gasteiger partial charge on any atom is -0.493 e. The van der Waals surface area contributed by atoms with Crippen molar-refractivity contribution in [2.75, 3.05) is 76.2 Å². The number of esters is 1. The number of benzene rings is 1. The van der Waals surface area contributed by atoms with E-state index in [0.29, 0.717) is 78.5 Å². The molecular weight excluding hydrogens is 1100 g/mol. The molecule has 6 amide bonds. The molecule has 24 heteroatoms. The molecule has 4 aromatic rings. The van der Waals surface area contributed by atoms with Crippen LogP contribution in [0.2, 0.25) is 0 Å². The van der Waals surface area contributed by atoms with Gasteiger partial charge in [0.05, 0.1) is 78.6 Å². The Labute approximate surface area is 492 Å². The molecule has 0 spiro atoms. The molecule has 3 N–H and O–H groups in total. The van der Waals surface area contributed by atoms with Gasteiger partial charge in [0.15, 0.2) is 5.78 Å². The Morgan fingerprint density at radius 3 is 2.19 bits per heavy atom. The van der Waals surface area contributed by atoms with Gasteiger partial charge in [0.25, 0.3) is 17.7 Å². The molecule has 2 fully saturated rings. The zero-order valence-corrected chi connectivity index (χ0v) is 49.4. The molecule has 450 valence electrons. The highest BCUT2D eigenvalue weighted by Crippen LogP contribution is 2.35. The first-order valence-corrected chi connectivity index (χ1v) is 29.4. The first-order chi connectivity index (χ1) is 40.2. The maximum atomic E-state index is 13.5. The average molecular weight is 1180 g/mol. The van der Waals surface area contributed by atoms with Gasteiger partial charge >= 0.3 is 5.97 Å².